The van der Waals surface area contributed by atoms with Gasteiger partial charge in [0.1, 0.15) is 5.76 Å². The van der Waals surface area contributed by atoms with E-state index in [1.54, 1.807) is 6.08 Å². The lowest BCUT2D eigenvalue weighted by atomic mass is 9.69. The Morgan fingerprint density at radius 1 is 1.25 bits per heavy atom. The Morgan fingerprint density at radius 3 is 2.75 bits per heavy atom. The molecule has 0 aromatic heterocycles. The normalized spacial score (nSPS) is 21.5. The SMILES string of the molecule is C=C/C=C\C=C\N1CC2(CCN(CCc3cccc(C(=C)OCC)c3)CC2)CC(C)C1=O. The van der Waals surface area contributed by atoms with Gasteiger partial charge in [-0.1, -0.05) is 56.5 Å². The van der Waals surface area contributed by atoms with Gasteiger partial charge in [-0.25, -0.2) is 0 Å². The van der Waals surface area contributed by atoms with Crippen LogP contribution < -0.4 is 0 Å². The molecule has 2 aliphatic heterocycles. The van der Waals surface area contributed by atoms with E-state index in [0.717, 1.165) is 63.2 Å². The maximum absolute atomic E-state index is 12.7. The zero-order chi connectivity index (χ0) is 23.0. The van der Waals surface area contributed by atoms with Crippen molar-refractivity contribution in [3.8, 4) is 0 Å². The monoisotopic (exact) mass is 434 g/mol. The van der Waals surface area contributed by atoms with Crippen LogP contribution in [0.3, 0.4) is 0 Å². The van der Waals surface area contributed by atoms with E-state index in [9.17, 15) is 4.79 Å². The van der Waals surface area contributed by atoms with E-state index in [0.29, 0.717) is 6.61 Å². The van der Waals surface area contributed by atoms with Crippen molar-refractivity contribution in [3.05, 3.63) is 79.1 Å². The summed E-state index contributed by atoms with van der Waals surface area (Å²) in [6.45, 7) is 16.5. The Kier molecular flexibility index (Phi) is 8.52. The molecule has 0 saturated carbocycles. The second kappa shape index (κ2) is 11.3. The number of amides is 1. The van der Waals surface area contributed by atoms with E-state index in [2.05, 4.69) is 49.2 Å². The van der Waals surface area contributed by atoms with Crippen LogP contribution in [-0.2, 0) is 16.0 Å². The Morgan fingerprint density at radius 2 is 2.03 bits per heavy atom. The topological polar surface area (TPSA) is 32.8 Å². The zero-order valence-corrected chi connectivity index (χ0v) is 19.8. The third-order valence-corrected chi connectivity index (χ3v) is 6.77. The second-order valence-corrected chi connectivity index (χ2v) is 9.18. The molecule has 4 nitrogen and oxygen atoms in total. The lowest BCUT2D eigenvalue weighted by Crippen LogP contribution is -2.52. The minimum absolute atomic E-state index is 0.0875. The maximum Gasteiger partial charge on any atom is 0.229 e. The highest BCUT2D eigenvalue weighted by atomic mass is 16.5. The van der Waals surface area contributed by atoms with Crippen LogP contribution in [0.4, 0.5) is 0 Å². The minimum Gasteiger partial charge on any atom is -0.494 e. The zero-order valence-electron chi connectivity index (χ0n) is 19.8. The molecule has 0 radical (unpaired) electrons. The van der Waals surface area contributed by atoms with Crippen LogP contribution in [0.5, 0.6) is 0 Å². The van der Waals surface area contributed by atoms with Gasteiger partial charge in [0.05, 0.1) is 6.61 Å². The fourth-order valence-corrected chi connectivity index (χ4v) is 5.00. The van der Waals surface area contributed by atoms with Gasteiger partial charge in [0.2, 0.25) is 5.91 Å². The smallest absolute Gasteiger partial charge is 0.229 e. The number of nitrogens with zero attached hydrogens (tertiary/aromatic N) is 2. The van der Waals surface area contributed by atoms with Gasteiger partial charge in [-0.2, -0.15) is 0 Å². The Balaban J connectivity index is 1.54. The molecule has 2 heterocycles. The first-order valence-corrected chi connectivity index (χ1v) is 11.9. The molecule has 1 aromatic carbocycles. The number of allylic oxidation sites excluding steroid dienone is 4. The van der Waals surface area contributed by atoms with Crippen molar-refractivity contribution in [2.45, 2.75) is 39.5 Å². The van der Waals surface area contributed by atoms with Gasteiger partial charge in [-0.05, 0) is 68.8 Å². The highest BCUT2D eigenvalue weighted by Crippen LogP contribution is 2.42. The summed E-state index contributed by atoms with van der Waals surface area (Å²) in [6, 6.07) is 8.54. The van der Waals surface area contributed by atoms with Gasteiger partial charge >= 0.3 is 0 Å². The summed E-state index contributed by atoms with van der Waals surface area (Å²) >= 11 is 0. The number of carbonyl (C=O) groups is 1. The number of benzene rings is 1. The Bertz CT molecular complexity index is 862. The summed E-state index contributed by atoms with van der Waals surface area (Å²) in [5, 5.41) is 0. The predicted octanol–water partition coefficient (Wildman–Crippen LogP) is 5.44. The molecule has 2 fully saturated rings. The van der Waals surface area contributed by atoms with E-state index >= 15 is 0 Å². The van der Waals surface area contributed by atoms with E-state index in [-0.39, 0.29) is 17.2 Å². The summed E-state index contributed by atoms with van der Waals surface area (Å²) in [5.41, 5.74) is 2.63. The highest BCUT2D eigenvalue weighted by Gasteiger charge is 2.43. The number of rotatable bonds is 9. The summed E-state index contributed by atoms with van der Waals surface area (Å²) in [5.74, 6) is 1.08. The predicted molar refractivity (Wildman–Crippen MR) is 133 cm³/mol. The molecule has 1 unspecified atom stereocenters. The van der Waals surface area contributed by atoms with Crippen LogP contribution in [0, 0.1) is 11.3 Å². The van der Waals surface area contributed by atoms with E-state index in [4.69, 9.17) is 4.74 Å². The summed E-state index contributed by atoms with van der Waals surface area (Å²) in [7, 11) is 0. The number of hydrogen-bond acceptors (Lipinski definition) is 3. The summed E-state index contributed by atoms with van der Waals surface area (Å²) in [4.78, 5) is 17.2. The van der Waals surface area contributed by atoms with Crippen molar-refractivity contribution < 1.29 is 9.53 Å². The molecule has 0 aliphatic carbocycles. The van der Waals surface area contributed by atoms with Gasteiger partial charge in [0.25, 0.3) is 0 Å². The van der Waals surface area contributed by atoms with Crippen LogP contribution in [-0.4, -0.2) is 48.5 Å². The molecule has 4 heteroatoms. The molecule has 1 spiro atoms. The third-order valence-electron chi connectivity index (χ3n) is 6.77. The molecule has 2 aliphatic rings. The minimum atomic E-state index is 0.0875. The highest BCUT2D eigenvalue weighted by molar-refractivity contribution is 5.80. The van der Waals surface area contributed by atoms with Crippen LogP contribution in [0.1, 0.15) is 44.2 Å². The molecule has 0 bridgehead atoms. The summed E-state index contributed by atoms with van der Waals surface area (Å²) < 4.78 is 5.56. The lowest BCUT2D eigenvalue weighted by molar-refractivity contribution is -0.141. The molecule has 172 valence electrons. The van der Waals surface area contributed by atoms with Gasteiger partial charge in [0, 0.05) is 30.8 Å². The van der Waals surface area contributed by atoms with Gasteiger partial charge in [-0.3, -0.25) is 4.79 Å². The number of likely N-dealkylation sites (tertiary alicyclic amines) is 2. The number of hydrogen-bond donors (Lipinski definition) is 0. The fraction of sp³-hybridized carbons (Fsp3) is 0.464. The van der Waals surface area contributed by atoms with Crippen LogP contribution in [0.25, 0.3) is 5.76 Å². The molecule has 1 atom stereocenters. The van der Waals surface area contributed by atoms with E-state index in [1.165, 1.54) is 5.56 Å². The van der Waals surface area contributed by atoms with Gasteiger partial charge < -0.3 is 14.5 Å². The van der Waals surface area contributed by atoms with Crippen molar-refractivity contribution in [3.63, 3.8) is 0 Å². The van der Waals surface area contributed by atoms with Crippen molar-refractivity contribution in [2.75, 3.05) is 32.8 Å². The van der Waals surface area contributed by atoms with Crippen molar-refractivity contribution in [1.29, 1.82) is 0 Å². The molecule has 1 aromatic rings. The van der Waals surface area contributed by atoms with Crippen molar-refractivity contribution in [2.24, 2.45) is 11.3 Å². The second-order valence-electron chi connectivity index (χ2n) is 9.18. The van der Waals surface area contributed by atoms with Gasteiger partial charge in [-0.15, -0.1) is 0 Å². The molecule has 1 amide bonds. The fourth-order valence-electron chi connectivity index (χ4n) is 5.00. The van der Waals surface area contributed by atoms with Crippen LogP contribution in [0.15, 0.2) is 67.9 Å². The molecular weight excluding hydrogens is 396 g/mol. The molecule has 2 saturated heterocycles. The third kappa shape index (κ3) is 6.23. The van der Waals surface area contributed by atoms with Crippen LogP contribution in [0.2, 0.25) is 0 Å². The average molecular weight is 435 g/mol. The Labute approximate surface area is 193 Å². The number of piperidine rings is 2. The largest absolute Gasteiger partial charge is 0.494 e. The first kappa shape index (κ1) is 24.1. The molecule has 0 N–H and O–H groups in total. The maximum atomic E-state index is 12.7. The lowest BCUT2D eigenvalue weighted by Gasteiger charge is -2.48. The average Bonchev–Trinajstić information content (AvgIpc) is 2.80. The summed E-state index contributed by atoms with van der Waals surface area (Å²) in [6.07, 6.45) is 13.8. The number of ether oxygens (including phenoxy) is 1. The first-order valence-electron chi connectivity index (χ1n) is 11.9. The number of carbonyl (C=O) groups excluding carboxylic acids is 1. The van der Waals surface area contributed by atoms with Gasteiger partial charge in [0.15, 0.2) is 0 Å². The first-order chi connectivity index (χ1) is 15.5. The Hall–Kier alpha value is -2.59. The van der Waals surface area contributed by atoms with Crippen LogP contribution >= 0.6 is 0 Å². The molecule has 32 heavy (non-hydrogen) atoms. The van der Waals surface area contributed by atoms with E-state index in [1.807, 2.05) is 36.3 Å². The molecule has 3 rings (SSSR count). The standard InChI is InChI=1S/C28H38N2O2/c1-5-7-8-9-16-30-22-28(21-23(3)27(30)31)14-18-29(19-15-28)17-13-25-11-10-12-26(20-25)24(4)32-6-2/h5,7-12,16,20,23H,1,4,6,13-15,17-19,21-22H2,2-3H3/b8-7-,16-9+. The quantitative estimate of drug-likeness (QED) is 0.383. The van der Waals surface area contributed by atoms with Crippen molar-refractivity contribution in [1.82, 2.24) is 9.80 Å². The molecular formula is C28H38N2O2. The van der Waals surface area contributed by atoms with Crippen molar-refractivity contribution >= 4 is 11.7 Å². The van der Waals surface area contributed by atoms with E-state index < -0.39 is 0 Å².